The minimum absolute atomic E-state index is 0.804. The molecule has 0 saturated carbocycles. The van der Waals surface area contributed by atoms with E-state index in [-0.39, 0.29) is 0 Å². The highest BCUT2D eigenvalue weighted by molar-refractivity contribution is 5.77. The Morgan fingerprint density at radius 2 is 1.00 bits per heavy atom. The molecule has 0 aliphatic heterocycles. The van der Waals surface area contributed by atoms with Crippen molar-refractivity contribution in [1.82, 2.24) is 0 Å². The largest absolute Gasteiger partial charge is 0.380 e. The fourth-order valence-electron chi connectivity index (χ4n) is 3.15. The molecule has 0 atom stereocenters. The minimum atomic E-state index is 0.804. The normalized spacial score (nSPS) is 10.5. The van der Waals surface area contributed by atoms with Gasteiger partial charge < -0.3 is 5.32 Å². The lowest BCUT2D eigenvalue weighted by molar-refractivity contribution is 1.15. The van der Waals surface area contributed by atoms with Gasteiger partial charge in [0.15, 0.2) is 0 Å². The summed E-state index contributed by atoms with van der Waals surface area (Å²) >= 11 is 0. The molecule has 1 nitrogen and oxygen atoms in total. The van der Waals surface area contributed by atoms with Gasteiger partial charge in [-0.15, -0.1) is 0 Å². The summed E-state index contributed by atoms with van der Waals surface area (Å²) in [6.45, 7) is 0.804. The summed E-state index contributed by atoms with van der Waals surface area (Å²) in [5, 5.41) is 3.59. The van der Waals surface area contributed by atoms with Crippen molar-refractivity contribution in [2.75, 3.05) is 5.32 Å². The highest BCUT2D eigenvalue weighted by Crippen LogP contribution is 2.28. The molecule has 0 unspecified atom stereocenters. The van der Waals surface area contributed by atoms with Crippen LogP contribution in [-0.4, -0.2) is 0 Å². The number of rotatable bonds is 5. The molecule has 26 heavy (non-hydrogen) atoms. The Labute approximate surface area is 155 Å². The van der Waals surface area contributed by atoms with Crippen LogP contribution in [-0.2, 0) is 6.54 Å². The zero-order valence-corrected chi connectivity index (χ0v) is 14.6. The van der Waals surface area contributed by atoms with Crippen molar-refractivity contribution in [2.45, 2.75) is 6.54 Å². The highest BCUT2D eigenvalue weighted by Gasteiger charge is 2.04. The van der Waals surface area contributed by atoms with Gasteiger partial charge in [-0.2, -0.15) is 0 Å². The van der Waals surface area contributed by atoms with Crippen LogP contribution in [0.2, 0.25) is 0 Å². The minimum Gasteiger partial charge on any atom is -0.380 e. The Morgan fingerprint density at radius 3 is 1.69 bits per heavy atom. The Morgan fingerprint density at radius 1 is 0.462 bits per heavy atom. The van der Waals surface area contributed by atoms with Crippen molar-refractivity contribution in [2.24, 2.45) is 0 Å². The second kappa shape index (κ2) is 7.71. The third-order valence-corrected chi connectivity index (χ3v) is 4.56. The fraction of sp³-hybridized carbons (Fsp3) is 0.0400. The maximum absolute atomic E-state index is 3.59. The van der Waals surface area contributed by atoms with Crippen molar-refractivity contribution >= 4 is 5.69 Å². The molecule has 0 spiro atoms. The zero-order chi connectivity index (χ0) is 17.6. The van der Waals surface area contributed by atoms with Gasteiger partial charge in [0, 0.05) is 17.8 Å². The van der Waals surface area contributed by atoms with Gasteiger partial charge in [0.1, 0.15) is 0 Å². The molecular weight excluding hydrogens is 314 g/mol. The third kappa shape index (κ3) is 3.68. The van der Waals surface area contributed by atoms with E-state index in [4.69, 9.17) is 0 Å². The van der Waals surface area contributed by atoms with E-state index in [1.807, 2.05) is 12.1 Å². The second-order valence-electron chi connectivity index (χ2n) is 6.33. The molecule has 0 aliphatic carbocycles. The summed E-state index contributed by atoms with van der Waals surface area (Å²) in [6, 6.07) is 38.2. The van der Waals surface area contributed by atoms with Crippen LogP contribution in [0.25, 0.3) is 22.3 Å². The maximum Gasteiger partial charge on any atom is 0.0422 e. The molecule has 0 heterocycles. The van der Waals surface area contributed by atoms with Gasteiger partial charge in [0.2, 0.25) is 0 Å². The Hall–Kier alpha value is -3.32. The van der Waals surface area contributed by atoms with Gasteiger partial charge in [0.25, 0.3) is 0 Å². The summed E-state index contributed by atoms with van der Waals surface area (Å²) in [5.41, 5.74) is 7.39. The molecule has 0 amide bonds. The van der Waals surface area contributed by atoms with E-state index in [1.54, 1.807) is 0 Å². The SMILES string of the molecule is c1ccc(-c2ccc(CNc3ccccc3-c3ccccc3)cc2)cc1. The molecule has 126 valence electrons. The number of nitrogens with one attached hydrogen (secondary N) is 1. The van der Waals surface area contributed by atoms with Gasteiger partial charge >= 0.3 is 0 Å². The molecule has 0 radical (unpaired) electrons. The molecule has 4 aromatic carbocycles. The van der Waals surface area contributed by atoms with E-state index in [0.717, 1.165) is 12.2 Å². The first-order chi connectivity index (χ1) is 12.9. The van der Waals surface area contributed by atoms with E-state index in [0.29, 0.717) is 0 Å². The smallest absolute Gasteiger partial charge is 0.0422 e. The summed E-state index contributed by atoms with van der Waals surface area (Å²) in [7, 11) is 0. The quantitative estimate of drug-likeness (QED) is 0.431. The first kappa shape index (κ1) is 16.2. The van der Waals surface area contributed by atoms with E-state index < -0.39 is 0 Å². The van der Waals surface area contributed by atoms with Crippen molar-refractivity contribution in [3.63, 3.8) is 0 Å². The topological polar surface area (TPSA) is 12.0 Å². The van der Waals surface area contributed by atoms with E-state index in [2.05, 4.69) is 102 Å². The van der Waals surface area contributed by atoms with Crippen LogP contribution in [0.3, 0.4) is 0 Å². The van der Waals surface area contributed by atoms with E-state index >= 15 is 0 Å². The molecule has 1 N–H and O–H groups in total. The molecule has 0 saturated heterocycles. The Kier molecular flexibility index (Phi) is 4.79. The fourth-order valence-corrected chi connectivity index (χ4v) is 3.15. The maximum atomic E-state index is 3.59. The molecule has 4 aromatic rings. The number of para-hydroxylation sites is 1. The van der Waals surface area contributed by atoms with Crippen molar-refractivity contribution < 1.29 is 0 Å². The monoisotopic (exact) mass is 335 g/mol. The van der Waals surface area contributed by atoms with E-state index in [9.17, 15) is 0 Å². The molecule has 0 aliphatic rings. The highest BCUT2D eigenvalue weighted by atomic mass is 14.9. The summed E-state index contributed by atoms with van der Waals surface area (Å²) < 4.78 is 0. The van der Waals surface area contributed by atoms with Crippen LogP contribution >= 0.6 is 0 Å². The average Bonchev–Trinajstić information content (AvgIpc) is 2.74. The van der Waals surface area contributed by atoms with Crippen LogP contribution in [0.15, 0.2) is 109 Å². The molecule has 0 bridgehead atoms. The number of hydrogen-bond acceptors (Lipinski definition) is 1. The van der Waals surface area contributed by atoms with Gasteiger partial charge in [-0.3, -0.25) is 0 Å². The van der Waals surface area contributed by atoms with E-state index in [1.165, 1.54) is 27.8 Å². The summed E-state index contributed by atoms with van der Waals surface area (Å²) in [6.07, 6.45) is 0. The standard InChI is InChI=1S/C25H21N/c1-3-9-21(10-4-1)22-17-15-20(16-18-22)19-26-25-14-8-7-13-24(25)23-11-5-2-6-12-23/h1-18,26H,19H2. The van der Waals surface area contributed by atoms with Gasteiger partial charge in [-0.1, -0.05) is 103 Å². The summed E-state index contributed by atoms with van der Waals surface area (Å²) in [4.78, 5) is 0. The Balaban J connectivity index is 1.50. The lowest BCUT2D eigenvalue weighted by atomic mass is 10.0. The van der Waals surface area contributed by atoms with Gasteiger partial charge in [-0.05, 0) is 28.3 Å². The van der Waals surface area contributed by atoms with Crippen LogP contribution in [0, 0.1) is 0 Å². The molecule has 4 rings (SSSR count). The predicted molar refractivity (Wildman–Crippen MR) is 111 cm³/mol. The molecular formula is C25H21N. The van der Waals surface area contributed by atoms with Crippen LogP contribution in [0.5, 0.6) is 0 Å². The second-order valence-corrected chi connectivity index (χ2v) is 6.33. The van der Waals surface area contributed by atoms with Gasteiger partial charge in [-0.25, -0.2) is 0 Å². The van der Waals surface area contributed by atoms with Crippen LogP contribution in [0.1, 0.15) is 5.56 Å². The van der Waals surface area contributed by atoms with Gasteiger partial charge in [0.05, 0.1) is 0 Å². The number of benzene rings is 4. The average molecular weight is 335 g/mol. The lowest BCUT2D eigenvalue weighted by Gasteiger charge is -2.13. The summed E-state index contributed by atoms with van der Waals surface area (Å²) in [5.74, 6) is 0. The van der Waals surface area contributed by atoms with Crippen molar-refractivity contribution in [3.05, 3.63) is 115 Å². The number of hydrogen-bond donors (Lipinski definition) is 1. The number of anilines is 1. The van der Waals surface area contributed by atoms with Crippen LogP contribution in [0.4, 0.5) is 5.69 Å². The predicted octanol–water partition coefficient (Wildman–Crippen LogP) is 6.63. The third-order valence-electron chi connectivity index (χ3n) is 4.56. The first-order valence-electron chi connectivity index (χ1n) is 8.93. The molecule has 1 heteroatoms. The zero-order valence-electron chi connectivity index (χ0n) is 14.6. The lowest BCUT2D eigenvalue weighted by Crippen LogP contribution is -2.00. The van der Waals surface area contributed by atoms with Crippen molar-refractivity contribution in [3.8, 4) is 22.3 Å². The molecule has 0 aromatic heterocycles. The first-order valence-corrected chi connectivity index (χ1v) is 8.93. The Bertz CT molecular complexity index is 958. The van der Waals surface area contributed by atoms with Crippen LogP contribution < -0.4 is 5.32 Å². The van der Waals surface area contributed by atoms with Crippen molar-refractivity contribution in [1.29, 1.82) is 0 Å². The molecule has 0 fully saturated rings.